The molecule has 1 aliphatic rings. The molecule has 0 amide bonds. The Labute approximate surface area is 108 Å². The largest absolute Gasteiger partial charge is 0.384 e. The third-order valence-electron chi connectivity index (χ3n) is 3.77. The second kappa shape index (κ2) is 5.33. The van der Waals surface area contributed by atoms with Crippen LogP contribution in [0.2, 0.25) is 0 Å². The van der Waals surface area contributed by atoms with Crippen molar-refractivity contribution >= 4 is 11.7 Å². The molecule has 5 nitrogen and oxygen atoms in total. The van der Waals surface area contributed by atoms with E-state index < -0.39 is 0 Å². The number of nitrogens with two attached hydrogens (primary N) is 1. The molecule has 1 aliphatic heterocycles. The van der Waals surface area contributed by atoms with Gasteiger partial charge in [0, 0.05) is 13.1 Å². The van der Waals surface area contributed by atoms with Crippen LogP contribution in [0.5, 0.6) is 0 Å². The van der Waals surface area contributed by atoms with Gasteiger partial charge >= 0.3 is 0 Å². The van der Waals surface area contributed by atoms with Crippen LogP contribution in [0.3, 0.4) is 0 Å². The number of anilines is 1. The lowest BCUT2D eigenvalue weighted by atomic mass is 9.86. The van der Waals surface area contributed by atoms with Crippen LogP contribution in [0.15, 0.2) is 12.3 Å². The van der Waals surface area contributed by atoms with E-state index in [1.54, 1.807) is 12.3 Å². The van der Waals surface area contributed by atoms with Crippen LogP contribution in [0.1, 0.15) is 32.3 Å². The van der Waals surface area contributed by atoms with Crippen molar-refractivity contribution in [1.82, 2.24) is 10.2 Å². The molecule has 1 saturated heterocycles. The zero-order valence-electron chi connectivity index (χ0n) is 11.1. The molecule has 0 atom stereocenters. The molecular formula is C13H21N5. The fourth-order valence-electron chi connectivity index (χ4n) is 2.55. The van der Waals surface area contributed by atoms with Crippen molar-refractivity contribution in [2.75, 3.05) is 18.0 Å². The quantitative estimate of drug-likeness (QED) is 0.628. The normalized spacial score (nSPS) is 17.2. The summed E-state index contributed by atoms with van der Waals surface area (Å²) in [7, 11) is 0. The zero-order chi connectivity index (χ0) is 13.1. The van der Waals surface area contributed by atoms with E-state index in [0.717, 1.165) is 30.7 Å². The summed E-state index contributed by atoms with van der Waals surface area (Å²) < 4.78 is 0. The lowest BCUT2D eigenvalue weighted by Crippen LogP contribution is -2.37. The molecule has 0 bridgehead atoms. The highest BCUT2D eigenvalue weighted by atomic mass is 15.3. The minimum absolute atomic E-state index is 0.0610. The lowest BCUT2D eigenvalue weighted by Gasteiger charge is -2.34. The van der Waals surface area contributed by atoms with Gasteiger partial charge in [-0.05, 0) is 30.7 Å². The van der Waals surface area contributed by atoms with Crippen molar-refractivity contribution in [3.8, 4) is 0 Å². The van der Waals surface area contributed by atoms with Crippen LogP contribution in [-0.4, -0.2) is 29.1 Å². The van der Waals surface area contributed by atoms with E-state index in [9.17, 15) is 0 Å². The molecule has 3 N–H and O–H groups in total. The molecule has 1 aromatic heterocycles. The first-order valence-electron chi connectivity index (χ1n) is 6.50. The fourth-order valence-corrected chi connectivity index (χ4v) is 2.55. The predicted molar refractivity (Wildman–Crippen MR) is 72.8 cm³/mol. The van der Waals surface area contributed by atoms with Crippen LogP contribution in [0, 0.1) is 17.2 Å². The van der Waals surface area contributed by atoms with Gasteiger partial charge in [-0.3, -0.25) is 5.41 Å². The van der Waals surface area contributed by atoms with E-state index in [-0.39, 0.29) is 5.84 Å². The van der Waals surface area contributed by atoms with Crippen molar-refractivity contribution in [1.29, 1.82) is 5.41 Å². The molecule has 0 aliphatic carbocycles. The standard InChI is InChI=1S/C13H21N5/c1-9(2)10-4-7-18(8-5-10)13-11(12(14)15)3-6-16-17-13/h3,6,9-10H,4-5,7-8H2,1-2H3,(H3,14,15). The Morgan fingerprint density at radius 1 is 1.44 bits per heavy atom. The smallest absolute Gasteiger partial charge is 0.162 e. The van der Waals surface area contributed by atoms with Crippen LogP contribution in [0.25, 0.3) is 0 Å². The molecule has 1 fully saturated rings. The Bertz CT molecular complexity index is 421. The van der Waals surface area contributed by atoms with Gasteiger partial charge in [0.25, 0.3) is 0 Å². The van der Waals surface area contributed by atoms with Gasteiger partial charge in [0.05, 0.1) is 11.8 Å². The molecule has 98 valence electrons. The summed E-state index contributed by atoms with van der Waals surface area (Å²) in [6, 6.07) is 1.76. The minimum Gasteiger partial charge on any atom is -0.384 e. The van der Waals surface area contributed by atoms with Gasteiger partial charge in [0.1, 0.15) is 5.84 Å². The first-order valence-corrected chi connectivity index (χ1v) is 6.50. The summed E-state index contributed by atoms with van der Waals surface area (Å²) in [5.74, 6) is 2.35. The van der Waals surface area contributed by atoms with Crippen LogP contribution in [0.4, 0.5) is 5.82 Å². The number of piperidine rings is 1. The van der Waals surface area contributed by atoms with Crippen molar-refractivity contribution in [3.63, 3.8) is 0 Å². The molecule has 2 rings (SSSR count). The highest BCUT2D eigenvalue weighted by Crippen LogP contribution is 2.27. The molecule has 0 aromatic carbocycles. The lowest BCUT2D eigenvalue weighted by molar-refractivity contribution is 0.310. The first-order chi connectivity index (χ1) is 8.59. The van der Waals surface area contributed by atoms with Crippen LogP contribution in [-0.2, 0) is 0 Å². The van der Waals surface area contributed by atoms with Gasteiger partial charge in [0.2, 0.25) is 0 Å². The summed E-state index contributed by atoms with van der Waals surface area (Å²) >= 11 is 0. The van der Waals surface area contributed by atoms with Crippen molar-refractivity contribution < 1.29 is 0 Å². The summed E-state index contributed by atoms with van der Waals surface area (Å²) in [6.07, 6.45) is 3.93. The van der Waals surface area contributed by atoms with Crippen LogP contribution >= 0.6 is 0 Å². The van der Waals surface area contributed by atoms with E-state index in [4.69, 9.17) is 11.1 Å². The van der Waals surface area contributed by atoms with Gasteiger partial charge in [-0.1, -0.05) is 13.8 Å². The number of amidine groups is 1. The number of hydrogen-bond donors (Lipinski definition) is 2. The number of rotatable bonds is 3. The van der Waals surface area contributed by atoms with Gasteiger partial charge in [-0.25, -0.2) is 0 Å². The predicted octanol–water partition coefficient (Wildman–Crippen LogP) is 1.63. The minimum atomic E-state index is 0.0610. The third kappa shape index (κ3) is 2.60. The van der Waals surface area contributed by atoms with Gasteiger partial charge in [-0.15, -0.1) is 5.10 Å². The first kappa shape index (κ1) is 12.8. The maximum atomic E-state index is 7.59. The van der Waals surface area contributed by atoms with E-state index >= 15 is 0 Å². The van der Waals surface area contributed by atoms with Gasteiger partial charge < -0.3 is 10.6 Å². The molecule has 0 unspecified atom stereocenters. The van der Waals surface area contributed by atoms with Crippen molar-refractivity contribution in [2.24, 2.45) is 17.6 Å². The Balaban J connectivity index is 2.12. The molecular weight excluding hydrogens is 226 g/mol. The Morgan fingerprint density at radius 3 is 2.67 bits per heavy atom. The topological polar surface area (TPSA) is 78.9 Å². The molecule has 18 heavy (non-hydrogen) atoms. The second-order valence-corrected chi connectivity index (χ2v) is 5.25. The Hall–Kier alpha value is -1.65. The number of aromatic nitrogens is 2. The van der Waals surface area contributed by atoms with Gasteiger partial charge in [-0.2, -0.15) is 5.10 Å². The average Bonchev–Trinajstić information content (AvgIpc) is 2.39. The van der Waals surface area contributed by atoms with E-state index in [2.05, 4.69) is 28.9 Å². The van der Waals surface area contributed by atoms with Crippen molar-refractivity contribution in [2.45, 2.75) is 26.7 Å². The zero-order valence-corrected chi connectivity index (χ0v) is 11.1. The number of nitrogens with zero attached hydrogens (tertiary/aromatic N) is 3. The third-order valence-corrected chi connectivity index (χ3v) is 3.77. The highest BCUT2D eigenvalue weighted by Gasteiger charge is 2.24. The number of nitrogens with one attached hydrogen (secondary N) is 1. The summed E-state index contributed by atoms with van der Waals surface area (Å²) in [5, 5.41) is 15.6. The molecule has 5 heteroatoms. The summed E-state index contributed by atoms with van der Waals surface area (Å²) in [6.45, 7) is 6.51. The molecule has 0 radical (unpaired) electrons. The Morgan fingerprint density at radius 2 is 2.11 bits per heavy atom. The second-order valence-electron chi connectivity index (χ2n) is 5.25. The molecule has 0 spiro atoms. The van der Waals surface area contributed by atoms with E-state index in [0.29, 0.717) is 5.56 Å². The SMILES string of the molecule is CC(C)C1CCN(c2nnccc2C(=N)N)CC1. The summed E-state index contributed by atoms with van der Waals surface area (Å²) in [4.78, 5) is 2.20. The highest BCUT2D eigenvalue weighted by molar-refractivity contribution is 5.99. The number of nitrogen functional groups attached to an aromatic ring is 1. The Kier molecular flexibility index (Phi) is 3.79. The van der Waals surface area contributed by atoms with Gasteiger partial charge in [0.15, 0.2) is 5.82 Å². The van der Waals surface area contributed by atoms with Crippen LogP contribution < -0.4 is 10.6 Å². The number of hydrogen-bond acceptors (Lipinski definition) is 4. The maximum Gasteiger partial charge on any atom is 0.162 e. The monoisotopic (exact) mass is 247 g/mol. The van der Waals surface area contributed by atoms with E-state index in [1.165, 1.54) is 12.8 Å². The molecule has 0 saturated carbocycles. The summed E-state index contributed by atoms with van der Waals surface area (Å²) in [5.41, 5.74) is 6.27. The maximum absolute atomic E-state index is 7.59. The van der Waals surface area contributed by atoms with Crippen molar-refractivity contribution in [3.05, 3.63) is 17.8 Å². The molecule has 1 aromatic rings. The van der Waals surface area contributed by atoms with E-state index in [1.807, 2.05) is 0 Å². The molecule has 2 heterocycles. The average molecular weight is 247 g/mol. The fraction of sp³-hybridized carbons (Fsp3) is 0.615.